The summed E-state index contributed by atoms with van der Waals surface area (Å²) in [5.41, 5.74) is 4.55. The van der Waals surface area contributed by atoms with Crippen LogP contribution in [-0.4, -0.2) is 20.1 Å². The van der Waals surface area contributed by atoms with Gasteiger partial charge in [0, 0.05) is 25.8 Å². The smallest absolute Gasteiger partial charge is 0.0400 e. The molecule has 0 unspecified atom stereocenters. The van der Waals surface area contributed by atoms with Crippen LogP contribution in [0.2, 0.25) is 0 Å². The van der Waals surface area contributed by atoms with Crippen LogP contribution in [0.3, 0.4) is 0 Å². The lowest BCUT2D eigenvalue weighted by molar-refractivity contribution is 0.545. The largest absolute Gasteiger partial charge is 0.374 e. The molecule has 0 bridgehead atoms. The first-order chi connectivity index (χ1) is 8.84. The van der Waals surface area contributed by atoms with Crippen molar-refractivity contribution in [2.24, 2.45) is 5.92 Å². The highest BCUT2D eigenvalue weighted by Gasteiger charge is 2.20. The van der Waals surface area contributed by atoms with Gasteiger partial charge in [-0.15, -0.1) is 0 Å². The molecule has 18 heavy (non-hydrogen) atoms. The molecule has 1 fully saturated rings. The molecule has 1 aromatic rings. The summed E-state index contributed by atoms with van der Waals surface area (Å²) in [4.78, 5) is 2.50. The highest BCUT2D eigenvalue weighted by Crippen LogP contribution is 2.30. The van der Waals surface area contributed by atoms with Gasteiger partial charge in [-0.2, -0.15) is 0 Å². The lowest BCUT2D eigenvalue weighted by Gasteiger charge is -2.28. The van der Waals surface area contributed by atoms with Crippen LogP contribution in [0.15, 0.2) is 18.2 Å². The van der Waals surface area contributed by atoms with Crippen molar-refractivity contribution in [1.82, 2.24) is 5.32 Å². The molecule has 2 heteroatoms. The number of nitrogens with one attached hydrogen (secondary N) is 1. The Balaban J connectivity index is 1.78. The van der Waals surface area contributed by atoms with E-state index < -0.39 is 0 Å². The number of hydrogen-bond donors (Lipinski definition) is 1. The minimum absolute atomic E-state index is 0.924. The van der Waals surface area contributed by atoms with Crippen LogP contribution in [0.5, 0.6) is 0 Å². The molecule has 1 aromatic carbocycles. The lowest BCUT2D eigenvalue weighted by atomic mass is 9.98. The number of fused-ring (bicyclic) bond motifs is 1. The molecule has 3 rings (SSSR count). The SMILES string of the molecule is CN(CC1CCCC1)c1cccc2c1CCNC2. The Hall–Kier alpha value is -1.02. The summed E-state index contributed by atoms with van der Waals surface area (Å²) in [5.74, 6) is 0.924. The second kappa shape index (κ2) is 5.31. The lowest BCUT2D eigenvalue weighted by Crippen LogP contribution is -2.29. The van der Waals surface area contributed by atoms with E-state index in [9.17, 15) is 0 Å². The van der Waals surface area contributed by atoms with Crippen LogP contribution in [0.4, 0.5) is 5.69 Å². The Bertz CT molecular complexity index is 408. The van der Waals surface area contributed by atoms with Crippen molar-refractivity contribution in [3.63, 3.8) is 0 Å². The molecule has 1 heterocycles. The zero-order valence-corrected chi connectivity index (χ0v) is 11.4. The van der Waals surface area contributed by atoms with E-state index in [0.717, 1.165) is 19.0 Å². The molecule has 0 spiro atoms. The minimum Gasteiger partial charge on any atom is -0.374 e. The Morgan fingerprint density at radius 2 is 2.11 bits per heavy atom. The van der Waals surface area contributed by atoms with Gasteiger partial charge in [-0.3, -0.25) is 0 Å². The molecule has 1 saturated carbocycles. The van der Waals surface area contributed by atoms with Gasteiger partial charge in [-0.05, 0) is 48.9 Å². The fraction of sp³-hybridized carbons (Fsp3) is 0.625. The maximum Gasteiger partial charge on any atom is 0.0400 e. The highest BCUT2D eigenvalue weighted by molar-refractivity contribution is 5.57. The zero-order valence-electron chi connectivity index (χ0n) is 11.4. The van der Waals surface area contributed by atoms with Crippen LogP contribution in [0.25, 0.3) is 0 Å². The fourth-order valence-corrected chi connectivity index (χ4v) is 3.55. The summed E-state index contributed by atoms with van der Waals surface area (Å²) in [6.45, 7) is 3.41. The fourth-order valence-electron chi connectivity index (χ4n) is 3.55. The Kier molecular flexibility index (Phi) is 3.55. The predicted molar refractivity (Wildman–Crippen MR) is 77.1 cm³/mol. The van der Waals surface area contributed by atoms with Gasteiger partial charge in [0.1, 0.15) is 0 Å². The van der Waals surface area contributed by atoms with E-state index in [4.69, 9.17) is 0 Å². The van der Waals surface area contributed by atoms with Gasteiger partial charge >= 0.3 is 0 Å². The number of benzene rings is 1. The molecule has 2 aliphatic rings. The van der Waals surface area contributed by atoms with Gasteiger partial charge < -0.3 is 10.2 Å². The van der Waals surface area contributed by atoms with Gasteiger partial charge in [-0.1, -0.05) is 25.0 Å². The molecule has 1 N–H and O–H groups in total. The topological polar surface area (TPSA) is 15.3 Å². The molecular formula is C16H24N2. The van der Waals surface area contributed by atoms with E-state index in [1.165, 1.54) is 49.9 Å². The molecular weight excluding hydrogens is 220 g/mol. The Labute approximate surface area is 110 Å². The molecule has 1 aliphatic carbocycles. The van der Waals surface area contributed by atoms with E-state index >= 15 is 0 Å². The first-order valence-electron chi connectivity index (χ1n) is 7.37. The maximum atomic E-state index is 3.46. The van der Waals surface area contributed by atoms with Gasteiger partial charge in [0.05, 0.1) is 0 Å². The quantitative estimate of drug-likeness (QED) is 0.879. The summed E-state index contributed by atoms with van der Waals surface area (Å²) in [5, 5.41) is 3.46. The van der Waals surface area contributed by atoms with E-state index in [2.05, 4.69) is 35.5 Å². The first kappa shape index (κ1) is 12.0. The van der Waals surface area contributed by atoms with Crippen molar-refractivity contribution in [1.29, 1.82) is 0 Å². The van der Waals surface area contributed by atoms with Crippen molar-refractivity contribution >= 4 is 5.69 Å². The molecule has 1 aliphatic heterocycles. The van der Waals surface area contributed by atoms with Crippen LogP contribution < -0.4 is 10.2 Å². The summed E-state index contributed by atoms with van der Waals surface area (Å²) in [6, 6.07) is 6.79. The monoisotopic (exact) mass is 244 g/mol. The third-order valence-corrected chi connectivity index (χ3v) is 4.53. The Morgan fingerprint density at radius 3 is 2.94 bits per heavy atom. The molecule has 0 saturated heterocycles. The number of hydrogen-bond acceptors (Lipinski definition) is 2. The van der Waals surface area contributed by atoms with E-state index in [1.807, 2.05) is 0 Å². The van der Waals surface area contributed by atoms with Crippen molar-refractivity contribution in [2.45, 2.75) is 38.6 Å². The van der Waals surface area contributed by atoms with E-state index in [-0.39, 0.29) is 0 Å². The van der Waals surface area contributed by atoms with Gasteiger partial charge in [0.25, 0.3) is 0 Å². The molecule has 0 radical (unpaired) electrons. The van der Waals surface area contributed by atoms with Gasteiger partial charge in [0.15, 0.2) is 0 Å². The third kappa shape index (κ3) is 2.39. The van der Waals surface area contributed by atoms with Crippen LogP contribution in [0.1, 0.15) is 36.8 Å². The van der Waals surface area contributed by atoms with Crippen molar-refractivity contribution in [2.75, 3.05) is 25.0 Å². The Morgan fingerprint density at radius 1 is 1.28 bits per heavy atom. The second-order valence-electron chi connectivity index (χ2n) is 5.87. The summed E-state index contributed by atoms with van der Waals surface area (Å²) >= 11 is 0. The van der Waals surface area contributed by atoms with Crippen LogP contribution in [-0.2, 0) is 13.0 Å². The highest BCUT2D eigenvalue weighted by atomic mass is 15.1. The molecule has 0 amide bonds. The number of anilines is 1. The average Bonchev–Trinajstić information content (AvgIpc) is 2.91. The van der Waals surface area contributed by atoms with Crippen molar-refractivity contribution in [3.05, 3.63) is 29.3 Å². The minimum atomic E-state index is 0.924. The summed E-state index contributed by atoms with van der Waals surface area (Å²) in [7, 11) is 2.27. The van der Waals surface area contributed by atoms with Crippen molar-refractivity contribution < 1.29 is 0 Å². The standard InChI is InChI=1S/C16H24N2/c1-18(12-13-5-2-3-6-13)16-8-4-7-14-11-17-10-9-15(14)16/h4,7-8,13,17H,2-3,5-6,9-12H2,1H3. The summed E-state index contributed by atoms with van der Waals surface area (Å²) < 4.78 is 0. The van der Waals surface area contributed by atoms with Gasteiger partial charge in [-0.25, -0.2) is 0 Å². The van der Waals surface area contributed by atoms with Crippen molar-refractivity contribution in [3.8, 4) is 0 Å². The first-order valence-corrected chi connectivity index (χ1v) is 7.37. The predicted octanol–water partition coefficient (Wildman–Crippen LogP) is 2.96. The summed E-state index contributed by atoms with van der Waals surface area (Å²) in [6.07, 6.45) is 6.92. The normalized spacial score (nSPS) is 19.8. The van der Waals surface area contributed by atoms with Crippen LogP contribution >= 0.6 is 0 Å². The third-order valence-electron chi connectivity index (χ3n) is 4.53. The molecule has 2 nitrogen and oxygen atoms in total. The number of rotatable bonds is 3. The van der Waals surface area contributed by atoms with E-state index in [1.54, 1.807) is 5.56 Å². The zero-order chi connectivity index (χ0) is 12.4. The van der Waals surface area contributed by atoms with Crippen LogP contribution in [0, 0.1) is 5.92 Å². The van der Waals surface area contributed by atoms with E-state index in [0.29, 0.717) is 0 Å². The molecule has 98 valence electrons. The molecule has 0 atom stereocenters. The van der Waals surface area contributed by atoms with Gasteiger partial charge in [0.2, 0.25) is 0 Å². The second-order valence-corrected chi connectivity index (χ2v) is 5.87. The maximum absolute atomic E-state index is 3.46. The molecule has 0 aromatic heterocycles. The number of nitrogens with zero attached hydrogens (tertiary/aromatic N) is 1. The average molecular weight is 244 g/mol.